The molecule has 1 saturated carbocycles. The Kier molecular flexibility index (Phi) is 4.54. The zero-order chi connectivity index (χ0) is 12.1. The first-order chi connectivity index (χ1) is 8.35. The molecule has 1 atom stereocenters. The lowest BCUT2D eigenvalue weighted by Crippen LogP contribution is -2.28. The van der Waals surface area contributed by atoms with Crippen LogP contribution >= 0.6 is 0 Å². The van der Waals surface area contributed by atoms with Gasteiger partial charge in [0.25, 0.3) is 0 Å². The number of rotatable bonds is 6. The van der Waals surface area contributed by atoms with Crippen molar-refractivity contribution in [2.75, 3.05) is 13.7 Å². The Bertz CT molecular complexity index is 333. The molecule has 17 heavy (non-hydrogen) atoms. The highest BCUT2D eigenvalue weighted by molar-refractivity contribution is 5.28. The van der Waals surface area contributed by atoms with E-state index in [-0.39, 0.29) is 6.04 Å². The second-order valence-corrected chi connectivity index (χ2v) is 4.80. The predicted octanol–water partition coefficient (Wildman–Crippen LogP) is 2.50. The number of benzene rings is 1. The molecule has 1 aliphatic carbocycles. The first-order valence-electron chi connectivity index (χ1n) is 6.40. The second kappa shape index (κ2) is 6.15. The summed E-state index contributed by atoms with van der Waals surface area (Å²) in [5, 5.41) is 0. The monoisotopic (exact) mass is 234 g/mol. The first kappa shape index (κ1) is 12.6. The number of nitrogens with two attached hydrogens (primary N) is 1. The van der Waals surface area contributed by atoms with Gasteiger partial charge in [0.05, 0.1) is 0 Å². The van der Waals surface area contributed by atoms with Gasteiger partial charge in [-0.15, -0.1) is 0 Å². The van der Waals surface area contributed by atoms with Gasteiger partial charge in [-0.1, -0.05) is 30.7 Å². The molecule has 94 valence electrons. The highest BCUT2D eigenvalue weighted by atomic mass is 16.5. The van der Waals surface area contributed by atoms with Crippen LogP contribution in [-0.4, -0.2) is 13.7 Å². The molecule has 1 aliphatic rings. The minimum absolute atomic E-state index is 0.186. The topological polar surface area (TPSA) is 47.3 Å². The fourth-order valence-corrected chi connectivity index (χ4v) is 2.32. The van der Waals surface area contributed by atoms with Gasteiger partial charge in [-0.3, -0.25) is 11.3 Å². The van der Waals surface area contributed by atoms with Gasteiger partial charge in [0.15, 0.2) is 0 Å². The first-order valence-corrected chi connectivity index (χ1v) is 6.40. The third-order valence-corrected chi connectivity index (χ3v) is 3.73. The SMILES string of the molecule is COCCC(NN)c1ccc(C2CCC2)cc1. The van der Waals surface area contributed by atoms with Crippen molar-refractivity contribution >= 4 is 0 Å². The number of methoxy groups -OCH3 is 1. The highest BCUT2D eigenvalue weighted by Crippen LogP contribution is 2.36. The molecule has 1 fully saturated rings. The van der Waals surface area contributed by atoms with E-state index < -0.39 is 0 Å². The van der Waals surface area contributed by atoms with E-state index >= 15 is 0 Å². The quantitative estimate of drug-likeness (QED) is 0.587. The summed E-state index contributed by atoms with van der Waals surface area (Å²) in [6.07, 6.45) is 4.98. The Hall–Kier alpha value is -0.900. The Balaban J connectivity index is 1.99. The van der Waals surface area contributed by atoms with Crippen LogP contribution in [0.15, 0.2) is 24.3 Å². The predicted molar refractivity (Wildman–Crippen MR) is 69.6 cm³/mol. The van der Waals surface area contributed by atoms with E-state index in [1.54, 1.807) is 7.11 Å². The van der Waals surface area contributed by atoms with Gasteiger partial charge < -0.3 is 4.74 Å². The van der Waals surface area contributed by atoms with Crippen LogP contribution in [0, 0.1) is 0 Å². The minimum atomic E-state index is 0.186. The largest absolute Gasteiger partial charge is 0.385 e. The Morgan fingerprint density at radius 1 is 1.35 bits per heavy atom. The maximum absolute atomic E-state index is 5.58. The third-order valence-electron chi connectivity index (χ3n) is 3.73. The van der Waals surface area contributed by atoms with Gasteiger partial charge in [0.1, 0.15) is 0 Å². The molecule has 1 aromatic rings. The maximum Gasteiger partial charge on any atom is 0.0481 e. The van der Waals surface area contributed by atoms with Crippen molar-refractivity contribution in [1.82, 2.24) is 5.43 Å². The molecule has 0 aromatic heterocycles. The lowest BCUT2D eigenvalue weighted by atomic mass is 9.80. The van der Waals surface area contributed by atoms with Crippen LogP contribution in [0.5, 0.6) is 0 Å². The van der Waals surface area contributed by atoms with E-state index in [9.17, 15) is 0 Å². The Morgan fingerprint density at radius 3 is 2.53 bits per heavy atom. The fourth-order valence-electron chi connectivity index (χ4n) is 2.32. The van der Waals surface area contributed by atoms with Crippen molar-refractivity contribution in [2.45, 2.75) is 37.6 Å². The summed E-state index contributed by atoms with van der Waals surface area (Å²) in [7, 11) is 1.72. The van der Waals surface area contributed by atoms with Crippen molar-refractivity contribution in [3.8, 4) is 0 Å². The summed E-state index contributed by atoms with van der Waals surface area (Å²) in [5.74, 6) is 6.37. The number of hydrogen-bond donors (Lipinski definition) is 2. The van der Waals surface area contributed by atoms with Crippen LogP contribution in [0.25, 0.3) is 0 Å². The number of hydrazine groups is 1. The molecule has 0 aliphatic heterocycles. The van der Waals surface area contributed by atoms with Crippen LogP contribution in [0.4, 0.5) is 0 Å². The zero-order valence-corrected chi connectivity index (χ0v) is 10.5. The lowest BCUT2D eigenvalue weighted by molar-refractivity contribution is 0.183. The number of hydrogen-bond acceptors (Lipinski definition) is 3. The standard InChI is InChI=1S/C14H22N2O/c1-17-10-9-14(16-15)13-7-5-12(6-8-13)11-3-2-4-11/h5-8,11,14,16H,2-4,9-10,15H2,1H3. The molecule has 0 radical (unpaired) electrons. The molecule has 0 amide bonds. The van der Waals surface area contributed by atoms with E-state index in [2.05, 4.69) is 29.7 Å². The molecule has 3 heteroatoms. The molecule has 0 spiro atoms. The molecular formula is C14H22N2O. The van der Waals surface area contributed by atoms with Gasteiger partial charge in [-0.05, 0) is 36.3 Å². The molecule has 3 nitrogen and oxygen atoms in total. The molecule has 2 rings (SSSR count). The summed E-state index contributed by atoms with van der Waals surface area (Å²) in [6.45, 7) is 0.721. The van der Waals surface area contributed by atoms with Gasteiger partial charge in [-0.2, -0.15) is 0 Å². The van der Waals surface area contributed by atoms with Crippen LogP contribution < -0.4 is 11.3 Å². The van der Waals surface area contributed by atoms with Crippen LogP contribution in [-0.2, 0) is 4.74 Å². The van der Waals surface area contributed by atoms with E-state index in [0.717, 1.165) is 18.9 Å². The second-order valence-electron chi connectivity index (χ2n) is 4.80. The summed E-state index contributed by atoms with van der Waals surface area (Å²) in [4.78, 5) is 0. The van der Waals surface area contributed by atoms with Gasteiger partial charge in [0, 0.05) is 19.8 Å². The molecule has 0 bridgehead atoms. The van der Waals surface area contributed by atoms with Gasteiger partial charge >= 0.3 is 0 Å². The highest BCUT2D eigenvalue weighted by Gasteiger charge is 2.19. The van der Waals surface area contributed by atoms with E-state index in [4.69, 9.17) is 10.6 Å². The Labute approximate surface area is 103 Å². The summed E-state index contributed by atoms with van der Waals surface area (Å²) >= 11 is 0. The van der Waals surface area contributed by atoms with E-state index in [1.807, 2.05) is 0 Å². The van der Waals surface area contributed by atoms with E-state index in [1.165, 1.54) is 30.4 Å². The summed E-state index contributed by atoms with van der Waals surface area (Å²) < 4.78 is 5.09. The normalized spacial score (nSPS) is 17.8. The average molecular weight is 234 g/mol. The van der Waals surface area contributed by atoms with E-state index in [0.29, 0.717) is 0 Å². The zero-order valence-electron chi connectivity index (χ0n) is 10.5. The third kappa shape index (κ3) is 3.06. The van der Waals surface area contributed by atoms with Crippen LogP contribution in [0.1, 0.15) is 48.8 Å². The van der Waals surface area contributed by atoms with Gasteiger partial charge in [0.2, 0.25) is 0 Å². The number of ether oxygens (including phenoxy) is 1. The summed E-state index contributed by atoms with van der Waals surface area (Å²) in [6, 6.07) is 9.05. The van der Waals surface area contributed by atoms with Crippen molar-refractivity contribution < 1.29 is 4.74 Å². The molecule has 1 unspecified atom stereocenters. The number of nitrogens with one attached hydrogen (secondary N) is 1. The maximum atomic E-state index is 5.58. The van der Waals surface area contributed by atoms with Crippen molar-refractivity contribution in [1.29, 1.82) is 0 Å². The van der Waals surface area contributed by atoms with Crippen molar-refractivity contribution in [2.24, 2.45) is 5.84 Å². The average Bonchev–Trinajstić information content (AvgIpc) is 2.30. The lowest BCUT2D eigenvalue weighted by Gasteiger charge is -2.26. The minimum Gasteiger partial charge on any atom is -0.385 e. The molecule has 0 saturated heterocycles. The summed E-state index contributed by atoms with van der Waals surface area (Å²) in [5.41, 5.74) is 5.57. The smallest absolute Gasteiger partial charge is 0.0481 e. The molecule has 0 heterocycles. The molecule has 1 aromatic carbocycles. The Morgan fingerprint density at radius 2 is 2.06 bits per heavy atom. The van der Waals surface area contributed by atoms with Gasteiger partial charge in [-0.25, -0.2) is 0 Å². The fraction of sp³-hybridized carbons (Fsp3) is 0.571. The molecule has 3 N–H and O–H groups in total. The molecular weight excluding hydrogens is 212 g/mol. The van der Waals surface area contributed by atoms with Crippen molar-refractivity contribution in [3.05, 3.63) is 35.4 Å². The van der Waals surface area contributed by atoms with Crippen LogP contribution in [0.3, 0.4) is 0 Å². The van der Waals surface area contributed by atoms with Crippen molar-refractivity contribution in [3.63, 3.8) is 0 Å². The van der Waals surface area contributed by atoms with Crippen LogP contribution in [0.2, 0.25) is 0 Å².